The van der Waals surface area contributed by atoms with Crippen LogP contribution in [0, 0.1) is 5.92 Å². The van der Waals surface area contributed by atoms with Crippen molar-refractivity contribution in [3.05, 3.63) is 29.8 Å². The Morgan fingerprint density at radius 3 is 2.47 bits per heavy atom. The van der Waals surface area contributed by atoms with E-state index in [-0.39, 0.29) is 0 Å². The lowest BCUT2D eigenvalue weighted by atomic mass is 9.81. The van der Waals surface area contributed by atoms with E-state index in [0.29, 0.717) is 5.38 Å². The Kier molecular flexibility index (Phi) is 3.53. The summed E-state index contributed by atoms with van der Waals surface area (Å²) in [5.41, 5.74) is 1.31. The first-order valence-electron chi connectivity index (χ1n) is 5.56. The number of hydrogen-bond acceptors (Lipinski definition) is 1. The third-order valence-electron chi connectivity index (χ3n) is 3.25. The second-order valence-corrected chi connectivity index (χ2v) is 4.82. The fourth-order valence-electron chi connectivity index (χ4n) is 1.95. The van der Waals surface area contributed by atoms with E-state index < -0.39 is 0 Å². The normalized spacial score (nSPS) is 18.3. The standard InChI is InChI=1S/C13H17ClO/c1-15-12-7-5-10(6-8-12)9-13(14)11-3-2-4-11/h5-8,11,13H,2-4,9H2,1H3. The summed E-state index contributed by atoms with van der Waals surface area (Å²) in [6.07, 6.45) is 4.96. The minimum atomic E-state index is 0.312. The fourth-order valence-corrected chi connectivity index (χ4v) is 2.39. The molecule has 2 rings (SSSR count). The maximum absolute atomic E-state index is 6.36. The molecule has 0 amide bonds. The Morgan fingerprint density at radius 1 is 1.33 bits per heavy atom. The summed E-state index contributed by atoms with van der Waals surface area (Å²) in [6.45, 7) is 0. The minimum Gasteiger partial charge on any atom is -0.497 e. The van der Waals surface area contributed by atoms with E-state index in [9.17, 15) is 0 Å². The molecule has 82 valence electrons. The van der Waals surface area contributed by atoms with Crippen molar-refractivity contribution >= 4 is 11.6 Å². The first-order valence-corrected chi connectivity index (χ1v) is 6.00. The number of benzene rings is 1. The van der Waals surface area contributed by atoms with Gasteiger partial charge in [-0.15, -0.1) is 11.6 Å². The maximum Gasteiger partial charge on any atom is 0.118 e. The number of alkyl halides is 1. The van der Waals surface area contributed by atoms with Crippen LogP contribution >= 0.6 is 11.6 Å². The second-order valence-electron chi connectivity index (χ2n) is 4.26. The first kappa shape index (κ1) is 10.8. The Morgan fingerprint density at radius 2 is 2.00 bits per heavy atom. The summed E-state index contributed by atoms with van der Waals surface area (Å²) in [6, 6.07) is 8.21. The molecule has 1 aromatic carbocycles. The van der Waals surface area contributed by atoms with Crippen LogP contribution in [0.5, 0.6) is 5.75 Å². The van der Waals surface area contributed by atoms with Gasteiger partial charge in [-0.1, -0.05) is 18.6 Å². The topological polar surface area (TPSA) is 9.23 Å². The molecule has 1 aliphatic carbocycles. The van der Waals surface area contributed by atoms with Gasteiger partial charge in [0.1, 0.15) is 5.75 Å². The van der Waals surface area contributed by atoms with Crippen LogP contribution < -0.4 is 4.74 Å². The van der Waals surface area contributed by atoms with Crippen LogP contribution in [0.4, 0.5) is 0 Å². The van der Waals surface area contributed by atoms with Gasteiger partial charge in [0, 0.05) is 5.38 Å². The summed E-state index contributed by atoms with van der Waals surface area (Å²) in [4.78, 5) is 0. The summed E-state index contributed by atoms with van der Waals surface area (Å²) >= 11 is 6.36. The van der Waals surface area contributed by atoms with Gasteiger partial charge in [0.15, 0.2) is 0 Å². The molecule has 1 aliphatic rings. The Hall–Kier alpha value is -0.690. The smallest absolute Gasteiger partial charge is 0.118 e. The van der Waals surface area contributed by atoms with Gasteiger partial charge >= 0.3 is 0 Å². The van der Waals surface area contributed by atoms with E-state index in [1.165, 1.54) is 24.8 Å². The predicted octanol–water partition coefficient (Wildman–Crippen LogP) is 3.65. The fraction of sp³-hybridized carbons (Fsp3) is 0.538. The van der Waals surface area contributed by atoms with Crippen molar-refractivity contribution in [1.29, 1.82) is 0 Å². The highest BCUT2D eigenvalue weighted by atomic mass is 35.5. The lowest BCUT2D eigenvalue weighted by Gasteiger charge is -2.29. The monoisotopic (exact) mass is 224 g/mol. The molecule has 1 fully saturated rings. The molecule has 1 saturated carbocycles. The van der Waals surface area contributed by atoms with Crippen molar-refractivity contribution in [3.8, 4) is 5.75 Å². The van der Waals surface area contributed by atoms with Crippen LogP contribution in [0.1, 0.15) is 24.8 Å². The number of rotatable bonds is 4. The van der Waals surface area contributed by atoms with Crippen molar-refractivity contribution in [2.45, 2.75) is 31.1 Å². The third-order valence-corrected chi connectivity index (χ3v) is 3.76. The molecule has 0 N–H and O–H groups in total. The lowest BCUT2D eigenvalue weighted by molar-refractivity contribution is 0.302. The van der Waals surface area contributed by atoms with Gasteiger partial charge < -0.3 is 4.74 Å². The zero-order chi connectivity index (χ0) is 10.7. The van der Waals surface area contributed by atoms with Crippen LogP contribution in [0.3, 0.4) is 0 Å². The minimum absolute atomic E-state index is 0.312. The third kappa shape index (κ3) is 2.66. The van der Waals surface area contributed by atoms with Gasteiger partial charge in [-0.3, -0.25) is 0 Å². The number of hydrogen-bond donors (Lipinski definition) is 0. The molecule has 1 nitrogen and oxygen atoms in total. The van der Waals surface area contributed by atoms with Gasteiger partial charge in [0.2, 0.25) is 0 Å². The van der Waals surface area contributed by atoms with Gasteiger partial charge in [-0.2, -0.15) is 0 Å². The number of methoxy groups -OCH3 is 1. The van der Waals surface area contributed by atoms with Gasteiger partial charge in [0.05, 0.1) is 7.11 Å². The van der Waals surface area contributed by atoms with Crippen LogP contribution in [-0.4, -0.2) is 12.5 Å². The Labute approximate surface area is 96.4 Å². The largest absolute Gasteiger partial charge is 0.497 e. The number of ether oxygens (including phenoxy) is 1. The molecule has 0 saturated heterocycles. The molecular weight excluding hydrogens is 208 g/mol. The summed E-state index contributed by atoms with van der Waals surface area (Å²) in [5.74, 6) is 1.65. The van der Waals surface area contributed by atoms with Gasteiger partial charge in [-0.05, 0) is 42.9 Å². The molecule has 1 unspecified atom stereocenters. The SMILES string of the molecule is COc1ccc(CC(Cl)C2CCC2)cc1. The molecule has 0 radical (unpaired) electrons. The highest BCUT2D eigenvalue weighted by Gasteiger charge is 2.25. The van der Waals surface area contributed by atoms with Crippen molar-refractivity contribution in [3.63, 3.8) is 0 Å². The zero-order valence-corrected chi connectivity index (χ0v) is 9.83. The summed E-state index contributed by atoms with van der Waals surface area (Å²) in [5, 5.41) is 0.312. The zero-order valence-electron chi connectivity index (χ0n) is 9.08. The summed E-state index contributed by atoms with van der Waals surface area (Å²) < 4.78 is 5.12. The predicted molar refractivity (Wildman–Crippen MR) is 63.7 cm³/mol. The molecular formula is C13H17ClO. The first-order chi connectivity index (χ1) is 7.29. The molecule has 1 aromatic rings. The van der Waals surface area contributed by atoms with E-state index in [4.69, 9.17) is 16.3 Å². The lowest BCUT2D eigenvalue weighted by Crippen LogP contribution is -2.24. The highest BCUT2D eigenvalue weighted by Crippen LogP contribution is 2.34. The van der Waals surface area contributed by atoms with Crippen LogP contribution in [0.2, 0.25) is 0 Å². The highest BCUT2D eigenvalue weighted by molar-refractivity contribution is 6.21. The van der Waals surface area contributed by atoms with E-state index in [1.807, 2.05) is 12.1 Å². The Bertz CT molecular complexity index is 303. The van der Waals surface area contributed by atoms with Crippen molar-refractivity contribution in [2.75, 3.05) is 7.11 Å². The van der Waals surface area contributed by atoms with E-state index in [2.05, 4.69) is 12.1 Å². The molecule has 0 bridgehead atoms. The molecule has 0 heterocycles. The molecule has 2 heteroatoms. The molecule has 0 aliphatic heterocycles. The van der Waals surface area contributed by atoms with Crippen LogP contribution in [0.15, 0.2) is 24.3 Å². The van der Waals surface area contributed by atoms with Crippen molar-refractivity contribution in [2.24, 2.45) is 5.92 Å². The molecule has 0 aromatic heterocycles. The molecule has 1 atom stereocenters. The molecule has 15 heavy (non-hydrogen) atoms. The van der Waals surface area contributed by atoms with E-state index >= 15 is 0 Å². The van der Waals surface area contributed by atoms with Gasteiger partial charge in [-0.25, -0.2) is 0 Å². The summed E-state index contributed by atoms with van der Waals surface area (Å²) in [7, 11) is 1.69. The van der Waals surface area contributed by atoms with Crippen LogP contribution in [0.25, 0.3) is 0 Å². The average molecular weight is 225 g/mol. The number of halogens is 1. The van der Waals surface area contributed by atoms with E-state index in [1.54, 1.807) is 7.11 Å². The van der Waals surface area contributed by atoms with Crippen LogP contribution in [-0.2, 0) is 6.42 Å². The van der Waals surface area contributed by atoms with Crippen molar-refractivity contribution in [1.82, 2.24) is 0 Å². The molecule has 0 spiro atoms. The van der Waals surface area contributed by atoms with Gasteiger partial charge in [0.25, 0.3) is 0 Å². The quantitative estimate of drug-likeness (QED) is 0.710. The van der Waals surface area contributed by atoms with Crippen molar-refractivity contribution < 1.29 is 4.74 Å². The second kappa shape index (κ2) is 4.89. The average Bonchev–Trinajstić information content (AvgIpc) is 2.16. The maximum atomic E-state index is 6.36. The Balaban J connectivity index is 1.91. The van der Waals surface area contributed by atoms with E-state index in [0.717, 1.165) is 18.1 Å².